The Morgan fingerprint density at radius 3 is 2.52 bits per heavy atom. The SMILES string of the molecule is COc1ccc(-c2nn(-c3ccccc3)cc2/C=C/C(=O)OCC(=O)N2CCCC2=O)cc1. The molecule has 0 bridgehead atoms. The number of aromatic nitrogens is 2. The lowest BCUT2D eigenvalue weighted by atomic mass is 10.1. The summed E-state index contributed by atoms with van der Waals surface area (Å²) in [6, 6.07) is 17.1. The maximum absolute atomic E-state index is 12.2. The van der Waals surface area contributed by atoms with Crippen LogP contribution in [0.5, 0.6) is 5.75 Å². The zero-order chi connectivity index (χ0) is 23.2. The van der Waals surface area contributed by atoms with Gasteiger partial charge in [0.2, 0.25) is 5.91 Å². The topological polar surface area (TPSA) is 90.7 Å². The Balaban J connectivity index is 1.53. The Hall–Kier alpha value is -4.20. The van der Waals surface area contributed by atoms with Gasteiger partial charge in [0.25, 0.3) is 5.91 Å². The smallest absolute Gasteiger partial charge is 0.331 e. The second-order valence-electron chi connectivity index (χ2n) is 7.43. The Kier molecular flexibility index (Phi) is 6.64. The highest BCUT2D eigenvalue weighted by molar-refractivity contribution is 5.98. The predicted octanol–water partition coefficient (Wildman–Crippen LogP) is 3.25. The number of rotatable bonds is 7. The van der Waals surface area contributed by atoms with Crippen molar-refractivity contribution in [1.29, 1.82) is 0 Å². The van der Waals surface area contributed by atoms with Crippen molar-refractivity contribution in [2.45, 2.75) is 12.8 Å². The number of carbonyl (C=O) groups excluding carboxylic acids is 3. The molecule has 0 atom stereocenters. The van der Waals surface area contributed by atoms with Crippen molar-refractivity contribution in [3.8, 4) is 22.7 Å². The molecule has 0 saturated carbocycles. The monoisotopic (exact) mass is 445 g/mol. The molecule has 0 unspecified atom stereocenters. The van der Waals surface area contributed by atoms with Crippen LogP contribution < -0.4 is 4.74 Å². The third-order valence-electron chi connectivity index (χ3n) is 5.24. The van der Waals surface area contributed by atoms with Crippen LogP contribution in [0.3, 0.4) is 0 Å². The normalized spacial score (nSPS) is 13.5. The number of esters is 1. The van der Waals surface area contributed by atoms with Crippen LogP contribution in [-0.2, 0) is 19.1 Å². The van der Waals surface area contributed by atoms with Crippen LogP contribution in [0.2, 0.25) is 0 Å². The van der Waals surface area contributed by atoms with E-state index < -0.39 is 18.5 Å². The van der Waals surface area contributed by atoms with Gasteiger partial charge < -0.3 is 9.47 Å². The van der Waals surface area contributed by atoms with Gasteiger partial charge in [0.15, 0.2) is 6.61 Å². The van der Waals surface area contributed by atoms with E-state index >= 15 is 0 Å². The molecule has 1 fully saturated rings. The third kappa shape index (κ3) is 5.17. The predicted molar refractivity (Wildman–Crippen MR) is 121 cm³/mol. The number of benzene rings is 2. The lowest BCUT2D eigenvalue weighted by molar-refractivity contribution is -0.151. The second kappa shape index (κ2) is 9.95. The maximum atomic E-state index is 12.2. The van der Waals surface area contributed by atoms with Gasteiger partial charge in [0.1, 0.15) is 5.75 Å². The molecule has 4 rings (SSSR count). The minimum Gasteiger partial charge on any atom is -0.497 e. The minimum absolute atomic E-state index is 0.232. The van der Waals surface area contributed by atoms with Gasteiger partial charge in [-0.3, -0.25) is 14.5 Å². The lowest BCUT2D eigenvalue weighted by Crippen LogP contribution is -2.35. The van der Waals surface area contributed by atoms with Crippen molar-refractivity contribution in [3.63, 3.8) is 0 Å². The van der Waals surface area contributed by atoms with Gasteiger partial charge in [-0.2, -0.15) is 5.10 Å². The van der Waals surface area contributed by atoms with Crippen molar-refractivity contribution >= 4 is 23.9 Å². The highest BCUT2D eigenvalue weighted by Crippen LogP contribution is 2.26. The first-order valence-corrected chi connectivity index (χ1v) is 10.5. The number of ether oxygens (including phenoxy) is 2. The zero-order valence-electron chi connectivity index (χ0n) is 18.1. The molecule has 2 amide bonds. The molecular formula is C25H23N3O5. The lowest BCUT2D eigenvalue weighted by Gasteiger charge is -2.12. The Morgan fingerprint density at radius 1 is 1.09 bits per heavy atom. The van der Waals surface area contributed by atoms with E-state index in [2.05, 4.69) is 0 Å². The average Bonchev–Trinajstić information content (AvgIpc) is 3.48. The number of para-hydroxylation sites is 1. The standard InChI is InChI=1S/C25H23N3O5/c1-32-21-12-9-18(10-13-21)25-19(16-28(26-25)20-6-3-2-4-7-20)11-14-24(31)33-17-23(30)27-15-5-8-22(27)29/h2-4,6-7,9-14,16H,5,8,15,17H2,1H3/b14-11+. The van der Waals surface area contributed by atoms with Crippen LogP contribution in [0, 0.1) is 0 Å². The Morgan fingerprint density at radius 2 is 1.85 bits per heavy atom. The molecule has 1 aromatic heterocycles. The molecule has 2 heterocycles. The molecule has 0 spiro atoms. The fraction of sp³-hybridized carbons (Fsp3) is 0.200. The number of hydrogen-bond donors (Lipinski definition) is 0. The minimum atomic E-state index is -0.678. The van der Waals surface area contributed by atoms with Crippen molar-refractivity contribution in [2.75, 3.05) is 20.3 Å². The zero-order valence-corrected chi connectivity index (χ0v) is 18.1. The van der Waals surface area contributed by atoms with Crippen LogP contribution in [0.4, 0.5) is 0 Å². The van der Waals surface area contributed by atoms with Crippen LogP contribution in [0.15, 0.2) is 66.9 Å². The van der Waals surface area contributed by atoms with Gasteiger partial charge in [0.05, 0.1) is 18.5 Å². The fourth-order valence-corrected chi connectivity index (χ4v) is 3.52. The molecule has 2 aromatic carbocycles. The number of likely N-dealkylation sites (tertiary alicyclic amines) is 1. The first kappa shape index (κ1) is 22.0. The van der Waals surface area contributed by atoms with Crippen LogP contribution in [0.1, 0.15) is 18.4 Å². The van der Waals surface area contributed by atoms with Crippen molar-refractivity contribution in [1.82, 2.24) is 14.7 Å². The van der Waals surface area contributed by atoms with Crippen LogP contribution >= 0.6 is 0 Å². The quantitative estimate of drug-likeness (QED) is 0.410. The van der Waals surface area contributed by atoms with Crippen molar-refractivity contribution < 1.29 is 23.9 Å². The van der Waals surface area contributed by atoms with Crippen LogP contribution in [-0.4, -0.2) is 52.7 Å². The summed E-state index contributed by atoms with van der Waals surface area (Å²) >= 11 is 0. The van der Waals surface area contributed by atoms with Gasteiger partial charge in [-0.15, -0.1) is 0 Å². The molecule has 0 N–H and O–H groups in total. The summed E-state index contributed by atoms with van der Waals surface area (Å²) in [6.07, 6.45) is 5.64. The molecular weight excluding hydrogens is 422 g/mol. The highest BCUT2D eigenvalue weighted by atomic mass is 16.5. The van der Waals surface area contributed by atoms with Gasteiger partial charge in [0, 0.05) is 36.4 Å². The average molecular weight is 445 g/mol. The Bertz CT molecular complexity index is 1180. The van der Waals surface area contributed by atoms with E-state index in [1.54, 1.807) is 17.9 Å². The number of methoxy groups -OCH3 is 1. The molecule has 168 valence electrons. The van der Waals surface area contributed by atoms with Gasteiger partial charge in [-0.25, -0.2) is 9.48 Å². The number of nitrogens with zero attached hydrogens (tertiary/aromatic N) is 3. The van der Waals surface area contributed by atoms with Gasteiger partial charge in [-0.05, 0) is 48.9 Å². The van der Waals surface area contributed by atoms with Crippen molar-refractivity contribution in [2.24, 2.45) is 0 Å². The first-order chi connectivity index (χ1) is 16.0. The number of hydrogen-bond acceptors (Lipinski definition) is 6. The Labute approximate surface area is 191 Å². The van der Waals surface area contributed by atoms with E-state index in [-0.39, 0.29) is 5.91 Å². The largest absolute Gasteiger partial charge is 0.497 e. The summed E-state index contributed by atoms with van der Waals surface area (Å²) in [6.45, 7) is -0.0987. The summed E-state index contributed by atoms with van der Waals surface area (Å²) in [4.78, 5) is 37.0. The van der Waals surface area contributed by atoms with E-state index in [0.29, 0.717) is 30.6 Å². The number of amides is 2. The molecule has 8 heteroatoms. The summed E-state index contributed by atoms with van der Waals surface area (Å²) in [5, 5.41) is 4.69. The highest BCUT2D eigenvalue weighted by Gasteiger charge is 2.26. The van der Waals surface area contributed by atoms with E-state index in [1.807, 2.05) is 60.8 Å². The summed E-state index contributed by atoms with van der Waals surface area (Å²) in [5.41, 5.74) is 3.09. The van der Waals surface area contributed by atoms with Crippen molar-refractivity contribution in [3.05, 3.63) is 72.4 Å². The number of imide groups is 1. The summed E-state index contributed by atoms with van der Waals surface area (Å²) < 4.78 is 12.0. The second-order valence-corrected chi connectivity index (χ2v) is 7.43. The molecule has 3 aromatic rings. The molecule has 1 aliphatic heterocycles. The maximum Gasteiger partial charge on any atom is 0.331 e. The summed E-state index contributed by atoms with van der Waals surface area (Å²) in [7, 11) is 1.60. The number of carbonyl (C=O) groups is 3. The molecule has 0 radical (unpaired) electrons. The molecule has 1 aliphatic rings. The van der Waals surface area contributed by atoms with Gasteiger partial charge in [-0.1, -0.05) is 18.2 Å². The first-order valence-electron chi connectivity index (χ1n) is 10.5. The molecule has 33 heavy (non-hydrogen) atoms. The van der Waals surface area contributed by atoms with E-state index in [1.165, 1.54) is 6.08 Å². The van der Waals surface area contributed by atoms with E-state index in [9.17, 15) is 14.4 Å². The third-order valence-corrected chi connectivity index (χ3v) is 5.24. The van der Waals surface area contributed by atoms with Crippen LogP contribution in [0.25, 0.3) is 23.0 Å². The van der Waals surface area contributed by atoms with Gasteiger partial charge >= 0.3 is 5.97 Å². The fourth-order valence-electron chi connectivity index (χ4n) is 3.52. The van der Waals surface area contributed by atoms with E-state index in [0.717, 1.165) is 21.9 Å². The molecule has 8 nitrogen and oxygen atoms in total. The van der Waals surface area contributed by atoms with E-state index in [4.69, 9.17) is 14.6 Å². The molecule has 1 saturated heterocycles. The summed E-state index contributed by atoms with van der Waals surface area (Å²) in [5.74, 6) is -0.690. The molecule has 0 aliphatic carbocycles.